The van der Waals surface area contributed by atoms with E-state index in [9.17, 15) is 21.6 Å². The fraction of sp³-hybridized carbons (Fsp3) is 0.350. The summed E-state index contributed by atoms with van der Waals surface area (Å²) >= 11 is 0. The Morgan fingerprint density at radius 3 is 2.17 bits per heavy atom. The molecule has 0 aliphatic carbocycles. The molecule has 2 rings (SSSR count). The average molecular weight is 439 g/mol. The summed E-state index contributed by atoms with van der Waals surface area (Å²) in [5, 5.41) is 2.63. The number of anilines is 1. The Morgan fingerprint density at radius 1 is 0.897 bits per heavy atom. The second-order valence-electron chi connectivity index (χ2n) is 6.54. The smallest absolute Gasteiger partial charge is 0.256 e. The van der Waals surface area contributed by atoms with Gasteiger partial charge in [0.1, 0.15) is 0 Å². The highest BCUT2D eigenvalue weighted by molar-refractivity contribution is 7.91. The van der Waals surface area contributed by atoms with E-state index < -0.39 is 25.8 Å². The molecule has 0 heterocycles. The highest BCUT2D eigenvalue weighted by Crippen LogP contribution is 2.20. The van der Waals surface area contributed by atoms with Crippen LogP contribution in [0.25, 0.3) is 0 Å². The molecule has 0 radical (unpaired) electrons. The number of nitrogens with one attached hydrogen (secondary N) is 2. The van der Waals surface area contributed by atoms with Gasteiger partial charge in [-0.05, 0) is 49.2 Å². The Morgan fingerprint density at radius 2 is 1.55 bits per heavy atom. The number of benzene rings is 2. The second-order valence-corrected chi connectivity index (χ2v) is 10.4. The maximum Gasteiger partial charge on any atom is 0.256 e. The molecule has 0 unspecified atom stereocenters. The van der Waals surface area contributed by atoms with E-state index >= 15 is 0 Å². The predicted molar refractivity (Wildman–Crippen MR) is 113 cm³/mol. The molecule has 0 spiro atoms. The van der Waals surface area contributed by atoms with Crippen LogP contribution in [0.1, 0.15) is 43.5 Å². The van der Waals surface area contributed by atoms with Crippen molar-refractivity contribution >= 4 is 31.5 Å². The molecule has 158 valence electrons. The molecular formula is C20H26N2O5S2. The van der Waals surface area contributed by atoms with Gasteiger partial charge < -0.3 is 5.32 Å². The highest BCUT2D eigenvalue weighted by Gasteiger charge is 2.21. The Hall–Kier alpha value is -2.23. The number of carbonyl (C=O) groups excluding carboxylic acids is 1. The number of hydrogen-bond acceptors (Lipinski definition) is 5. The Kier molecular flexibility index (Phi) is 7.95. The van der Waals surface area contributed by atoms with Crippen LogP contribution in [0.4, 0.5) is 5.69 Å². The lowest BCUT2D eigenvalue weighted by Gasteiger charge is -2.11. The van der Waals surface area contributed by atoms with Gasteiger partial charge in [-0.25, -0.2) is 21.6 Å². The zero-order chi connectivity index (χ0) is 21.5. The van der Waals surface area contributed by atoms with E-state index in [1.807, 2.05) is 6.92 Å². The molecule has 2 aromatic rings. The Bertz CT molecular complexity index is 1050. The van der Waals surface area contributed by atoms with Crippen LogP contribution in [0.5, 0.6) is 0 Å². The summed E-state index contributed by atoms with van der Waals surface area (Å²) in [5.41, 5.74) is 0.420. The Balaban J connectivity index is 2.19. The third-order valence-electron chi connectivity index (χ3n) is 4.18. The minimum absolute atomic E-state index is 0.0151. The molecule has 0 saturated heterocycles. The van der Waals surface area contributed by atoms with Crippen molar-refractivity contribution in [3.05, 3.63) is 54.1 Å². The van der Waals surface area contributed by atoms with Gasteiger partial charge in [0.25, 0.3) is 5.91 Å². The van der Waals surface area contributed by atoms with Gasteiger partial charge >= 0.3 is 0 Å². The number of rotatable bonds is 10. The van der Waals surface area contributed by atoms with Crippen LogP contribution in [0.3, 0.4) is 0 Å². The van der Waals surface area contributed by atoms with Gasteiger partial charge in [-0.2, -0.15) is 0 Å². The summed E-state index contributed by atoms with van der Waals surface area (Å²) in [6.07, 6.45) is 2.07. The standard InChI is InChI=1S/C20H26N2O5S2/c1-3-5-14-21-29(26,27)17-12-10-16(11-13-17)22-20(23)18-8-6-7-9-19(18)28(24,25)15-4-2/h6-13,21H,3-5,14-15H2,1-2H3,(H,22,23). The van der Waals surface area contributed by atoms with Crippen LogP contribution in [0.2, 0.25) is 0 Å². The average Bonchev–Trinajstić information content (AvgIpc) is 2.68. The quantitative estimate of drug-likeness (QED) is 0.554. The van der Waals surface area contributed by atoms with Crippen LogP contribution in [-0.4, -0.2) is 35.0 Å². The van der Waals surface area contributed by atoms with E-state index in [4.69, 9.17) is 0 Å². The number of amides is 1. The predicted octanol–water partition coefficient (Wildman–Crippen LogP) is 3.20. The maximum absolute atomic E-state index is 12.6. The van der Waals surface area contributed by atoms with Gasteiger partial charge in [-0.15, -0.1) is 0 Å². The van der Waals surface area contributed by atoms with Gasteiger partial charge in [-0.3, -0.25) is 4.79 Å². The molecule has 0 fully saturated rings. The normalized spacial score (nSPS) is 11.9. The van der Waals surface area contributed by atoms with Gasteiger partial charge in [0.15, 0.2) is 9.84 Å². The minimum atomic E-state index is -3.60. The van der Waals surface area contributed by atoms with E-state index in [1.165, 1.54) is 36.4 Å². The van der Waals surface area contributed by atoms with Crippen molar-refractivity contribution < 1.29 is 21.6 Å². The Labute approximate surface area is 172 Å². The molecule has 0 bridgehead atoms. The molecule has 2 aromatic carbocycles. The summed E-state index contributed by atoms with van der Waals surface area (Å²) < 4.78 is 51.8. The minimum Gasteiger partial charge on any atom is -0.322 e. The lowest BCUT2D eigenvalue weighted by molar-refractivity contribution is 0.102. The molecule has 0 aromatic heterocycles. The number of sulfone groups is 1. The summed E-state index contributed by atoms with van der Waals surface area (Å²) in [6.45, 7) is 4.09. The largest absolute Gasteiger partial charge is 0.322 e. The van der Waals surface area contributed by atoms with Crippen LogP contribution < -0.4 is 10.0 Å². The molecule has 0 atom stereocenters. The first-order valence-corrected chi connectivity index (χ1v) is 12.6. The van der Waals surface area contributed by atoms with Crippen molar-refractivity contribution in [1.29, 1.82) is 0 Å². The number of hydrogen-bond donors (Lipinski definition) is 2. The van der Waals surface area contributed by atoms with Crippen molar-refractivity contribution in [1.82, 2.24) is 4.72 Å². The lowest BCUT2D eigenvalue weighted by atomic mass is 10.2. The van der Waals surface area contributed by atoms with Crippen LogP contribution >= 0.6 is 0 Å². The fourth-order valence-electron chi connectivity index (χ4n) is 2.69. The van der Waals surface area contributed by atoms with Crippen molar-refractivity contribution in [2.45, 2.75) is 42.9 Å². The molecule has 0 aliphatic rings. The van der Waals surface area contributed by atoms with Crippen molar-refractivity contribution in [3.63, 3.8) is 0 Å². The first-order chi connectivity index (χ1) is 13.7. The van der Waals surface area contributed by atoms with Crippen LogP contribution in [-0.2, 0) is 19.9 Å². The zero-order valence-electron chi connectivity index (χ0n) is 16.5. The molecule has 9 heteroatoms. The first-order valence-electron chi connectivity index (χ1n) is 9.44. The molecule has 7 nitrogen and oxygen atoms in total. The number of carbonyl (C=O) groups is 1. The van der Waals surface area contributed by atoms with Crippen LogP contribution in [0, 0.1) is 0 Å². The third-order valence-corrected chi connectivity index (χ3v) is 7.63. The molecule has 1 amide bonds. The summed E-state index contributed by atoms with van der Waals surface area (Å²) in [5.74, 6) is -0.619. The summed E-state index contributed by atoms with van der Waals surface area (Å²) in [7, 11) is -7.17. The van der Waals surface area contributed by atoms with Gasteiger partial charge in [0, 0.05) is 12.2 Å². The third kappa shape index (κ3) is 6.12. The number of sulfonamides is 1. The van der Waals surface area contributed by atoms with E-state index in [-0.39, 0.29) is 21.1 Å². The van der Waals surface area contributed by atoms with Gasteiger partial charge in [0.2, 0.25) is 10.0 Å². The zero-order valence-corrected chi connectivity index (χ0v) is 18.1. The molecule has 0 aliphatic heterocycles. The van der Waals surface area contributed by atoms with E-state index in [0.717, 1.165) is 12.8 Å². The van der Waals surface area contributed by atoms with E-state index in [1.54, 1.807) is 19.1 Å². The molecular weight excluding hydrogens is 412 g/mol. The number of unbranched alkanes of at least 4 members (excludes halogenated alkanes) is 1. The SMILES string of the molecule is CCCCNS(=O)(=O)c1ccc(NC(=O)c2ccccc2S(=O)(=O)CCC)cc1. The molecule has 2 N–H and O–H groups in total. The monoisotopic (exact) mass is 438 g/mol. The molecule has 29 heavy (non-hydrogen) atoms. The maximum atomic E-state index is 12.6. The highest BCUT2D eigenvalue weighted by atomic mass is 32.2. The molecule has 0 saturated carbocycles. The topological polar surface area (TPSA) is 109 Å². The first kappa shape index (κ1) is 23.1. The van der Waals surface area contributed by atoms with E-state index in [2.05, 4.69) is 10.0 Å². The fourth-order valence-corrected chi connectivity index (χ4v) is 5.30. The van der Waals surface area contributed by atoms with Crippen molar-refractivity contribution in [3.8, 4) is 0 Å². The summed E-state index contributed by atoms with van der Waals surface area (Å²) in [6, 6.07) is 11.8. The van der Waals surface area contributed by atoms with Crippen molar-refractivity contribution in [2.75, 3.05) is 17.6 Å². The van der Waals surface area contributed by atoms with E-state index in [0.29, 0.717) is 18.7 Å². The van der Waals surface area contributed by atoms with Gasteiger partial charge in [0.05, 0.1) is 21.1 Å². The second kappa shape index (κ2) is 10.00. The summed E-state index contributed by atoms with van der Waals surface area (Å²) in [4.78, 5) is 12.7. The van der Waals surface area contributed by atoms with Crippen molar-refractivity contribution in [2.24, 2.45) is 0 Å². The van der Waals surface area contributed by atoms with Gasteiger partial charge in [-0.1, -0.05) is 32.4 Å². The lowest BCUT2D eigenvalue weighted by Crippen LogP contribution is -2.24. The van der Waals surface area contributed by atoms with Crippen LogP contribution in [0.15, 0.2) is 58.3 Å².